The van der Waals surface area contributed by atoms with Crippen LogP contribution >= 0.6 is 0 Å². The van der Waals surface area contributed by atoms with Crippen LogP contribution in [0.2, 0.25) is 0 Å². The van der Waals surface area contributed by atoms with Crippen molar-refractivity contribution in [3.8, 4) is 11.5 Å². The number of hydrogen-bond donors (Lipinski definition) is 1. The number of amides is 1. The summed E-state index contributed by atoms with van der Waals surface area (Å²) >= 11 is 0. The number of anilines is 1. The second-order valence-electron chi connectivity index (χ2n) is 7.28. The largest absolute Gasteiger partial charge is 0.455 e. The molecule has 0 radical (unpaired) electrons. The first-order chi connectivity index (χ1) is 15.9. The van der Waals surface area contributed by atoms with E-state index in [-0.39, 0.29) is 10.6 Å². The molecule has 0 saturated heterocycles. The Bertz CT molecular complexity index is 1390. The summed E-state index contributed by atoms with van der Waals surface area (Å²) in [4.78, 5) is 13.1. The van der Waals surface area contributed by atoms with Gasteiger partial charge in [-0.15, -0.1) is 0 Å². The lowest BCUT2D eigenvalue weighted by Gasteiger charge is -2.13. The molecule has 166 valence electrons. The molecular weight excluding hydrogens is 441 g/mol. The molecule has 0 spiro atoms. The number of nitrogens with one attached hydrogen (secondary N) is 1. The summed E-state index contributed by atoms with van der Waals surface area (Å²) in [6.07, 6.45) is 0. The molecule has 33 heavy (non-hydrogen) atoms. The molecular formula is C26H20FNO4S. The molecule has 0 fully saturated rings. The van der Waals surface area contributed by atoms with Crippen molar-refractivity contribution in [3.63, 3.8) is 0 Å². The van der Waals surface area contributed by atoms with Crippen molar-refractivity contribution >= 4 is 21.4 Å². The summed E-state index contributed by atoms with van der Waals surface area (Å²) in [6, 6.07) is 27.1. The summed E-state index contributed by atoms with van der Waals surface area (Å²) < 4.78 is 44.5. The van der Waals surface area contributed by atoms with Gasteiger partial charge in [-0.1, -0.05) is 48.5 Å². The van der Waals surface area contributed by atoms with Crippen LogP contribution in [0.15, 0.2) is 108 Å². The third-order valence-electron chi connectivity index (χ3n) is 4.81. The second kappa shape index (κ2) is 9.67. The molecule has 4 rings (SSSR count). The molecule has 0 heterocycles. The molecule has 0 aromatic heterocycles. The lowest BCUT2D eigenvalue weighted by atomic mass is 10.1. The zero-order chi connectivity index (χ0) is 23.3. The fourth-order valence-corrected chi connectivity index (χ4v) is 4.60. The maximum atomic E-state index is 13.5. The van der Waals surface area contributed by atoms with E-state index in [1.54, 1.807) is 84.9 Å². The number of halogens is 1. The molecule has 0 saturated carbocycles. The van der Waals surface area contributed by atoms with Crippen molar-refractivity contribution in [3.05, 3.63) is 120 Å². The van der Waals surface area contributed by atoms with E-state index in [0.717, 1.165) is 0 Å². The molecule has 0 unspecified atom stereocenters. The van der Waals surface area contributed by atoms with Crippen LogP contribution < -0.4 is 10.1 Å². The van der Waals surface area contributed by atoms with Crippen molar-refractivity contribution in [1.29, 1.82) is 0 Å². The Morgan fingerprint density at radius 2 is 1.55 bits per heavy atom. The number of para-hydroxylation sites is 2. The van der Waals surface area contributed by atoms with Crippen LogP contribution in [-0.4, -0.2) is 14.3 Å². The summed E-state index contributed by atoms with van der Waals surface area (Å²) in [5.74, 6) is -0.443. The minimum atomic E-state index is -3.54. The maximum Gasteiger partial charge on any atom is 0.255 e. The standard InChI is InChI=1S/C26H20FNO4S/c27-21-10-7-11-22(17-21)32-25-15-5-4-14-24(25)28-26(29)20-9-6-8-19(16-20)18-33(30,31)23-12-2-1-3-13-23/h1-17H,18H2,(H,28,29). The highest BCUT2D eigenvalue weighted by atomic mass is 32.2. The normalized spacial score (nSPS) is 11.1. The Balaban J connectivity index is 1.52. The molecule has 1 N–H and O–H groups in total. The fraction of sp³-hybridized carbons (Fsp3) is 0.0385. The Morgan fingerprint density at radius 3 is 2.33 bits per heavy atom. The van der Waals surface area contributed by atoms with Crippen LogP contribution in [0.4, 0.5) is 10.1 Å². The van der Waals surface area contributed by atoms with Crippen LogP contribution in [0.5, 0.6) is 11.5 Å². The highest BCUT2D eigenvalue weighted by molar-refractivity contribution is 7.90. The third kappa shape index (κ3) is 5.64. The van der Waals surface area contributed by atoms with Crippen molar-refractivity contribution in [2.45, 2.75) is 10.6 Å². The molecule has 0 aliphatic heterocycles. The molecule has 0 bridgehead atoms. The van der Waals surface area contributed by atoms with Crippen molar-refractivity contribution in [2.75, 3.05) is 5.32 Å². The minimum absolute atomic E-state index is 0.225. The zero-order valence-electron chi connectivity index (χ0n) is 17.4. The van der Waals surface area contributed by atoms with Gasteiger partial charge in [-0.3, -0.25) is 4.79 Å². The van der Waals surface area contributed by atoms with E-state index in [2.05, 4.69) is 5.32 Å². The number of hydrogen-bond acceptors (Lipinski definition) is 4. The van der Waals surface area contributed by atoms with Crippen molar-refractivity contribution in [2.24, 2.45) is 0 Å². The summed E-state index contributed by atoms with van der Waals surface area (Å²) in [6.45, 7) is 0. The van der Waals surface area contributed by atoms with Gasteiger partial charge in [-0.2, -0.15) is 0 Å². The predicted molar refractivity (Wildman–Crippen MR) is 125 cm³/mol. The van der Waals surface area contributed by atoms with E-state index in [1.807, 2.05) is 0 Å². The van der Waals surface area contributed by atoms with Gasteiger partial charge in [0.2, 0.25) is 0 Å². The van der Waals surface area contributed by atoms with Gasteiger partial charge in [0, 0.05) is 11.6 Å². The van der Waals surface area contributed by atoms with E-state index in [1.165, 1.54) is 18.2 Å². The molecule has 4 aromatic rings. The Morgan fingerprint density at radius 1 is 0.818 bits per heavy atom. The lowest BCUT2D eigenvalue weighted by Crippen LogP contribution is -2.13. The Hall–Kier alpha value is -3.97. The van der Waals surface area contributed by atoms with Gasteiger partial charge >= 0.3 is 0 Å². The predicted octanol–water partition coefficient (Wildman–Crippen LogP) is 5.84. The van der Waals surface area contributed by atoms with Crippen LogP contribution in [-0.2, 0) is 15.6 Å². The highest BCUT2D eigenvalue weighted by Crippen LogP contribution is 2.30. The first kappa shape index (κ1) is 22.2. The van der Waals surface area contributed by atoms with Gasteiger partial charge < -0.3 is 10.1 Å². The SMILES string of the molecule is O=C(Nc1ccccc1Oc1cccc(F)c1)c1cccc(CS(=O)(=O)c2ccccc2)c1. The van der Waals surface area contributed by atoms with Gasteiger partial charge in [0.15, 0.2) is 15.6 Å². The first-order valence-corrected chi connectivity index (χ1v) is 11.8. The molecule has 1 amide bonds. The molecule has 7 heteroatoms. The number of carbonyl (C=O) groups is 1. The number of carbonyl (C=O) groups excluding carboxylic acids is 1. The van der Waals surface area contributed by atoms with Crippen LogP contribution in [0, 0.1) is 5.82 Å². The summed E-state index contributed by atoms with van der Waals surface area (Å²) in [5, 5.41) is 2.78. The third-order valence-corrected chi connectivity index (χ3v) is 6.51. The Labute approximate surface area is 191 Å². The number of rotatable bonds is 7. The quantitative estimate of drug-likeness (QED) is 0.375. The maximum absolute atomic E-state index is 13.5. The van der Waals surface area contributed by atoms with Gasteiger partial charge in [-0.05, 0) is 54.1 Å². The lowest BCUT2D eigenvalue weighted by molar-refractivity contribution is 0.102. The van der Waals surface area contributed by atoms with Crippen LogP contribution in [0.1, 0.15) is 15.9 Å². The fourth-order valence-electron chi connectivity index (χ4n) is 3.24. The average Bonchev–Trinajstić information content (AvgIpc) is 2.81. The summed E-state index contributed by atoms with van der Waals surface area (Å²) in [5.41, 5.74) is 1.20. The topological polar surface area (TPSA) is 72.5 Å². The van der Waals surface area contributed by atoms with Crippen molar-refractivity contribution < 1.29 is 22.3 Å². The monoisotopic (exact) mass is 461 g/mol. The molecule has 5 nitrogen and oxygen atoms in total. The van der Waals surface area contributed by atoms with E-state index >= 15 is 0 Å². The van der Waals surface area contributed by atoms with Gasteiger partial charge in [0.05, 0.1) is 16.3 Å². The molecule has 0 aliphatic carbocycles. The van der Waals surface area contributed by atoms with E-state index in [0.29, 0.717) is 28.3 Å². The van der Waals surface area contributed by atoms with Gasteiger partial charge in [0.25, 0.3) is 5.91 Å². The van der Waals surface area contributed by atoms with Crippen LogP contribution in [0.25, 0.3) is 0 Å². The number of benzene rings is 4. The molecule has 0 aliphatic rings. The number of ether oxygens (including phenoxy) is 1. The van der Waals surface area contributed by atoms with Crippen molar-refractivity contribution in [1.82, 2.24) is 0 Å². The van der Waals surface area contributed by atoms with Gasteiger partial charge in [-0.25, -0.2) is 12.8 Å². The molecule has 4 aromatic carbocycles. The van der Waals surface area contributed by atoms with E-state index < -0.39 is 21.6 Å². The van der Waals surface area contributed by atoms with Gasteiger partial charge in [0.1, 0.15) is 11.6 Å². The number of sulfone groups is 1. The average molecular weight is 462 g/mol. The van der Waals surface area contributed by atoms with E-state index in [9.17, 15) is 17.6 Å². The van der Waals surface area contributed by atoms with E-state index in [4.69, 9.17) is 4.74 Å². The first-order valence-electron chi connectivity index (χ1n) is 10.1. The minimum Gasteiger partial charge on any atom is -0.455 e. The summed E-state index contributed by atoms with van der Waals surface area (Å²) in [7, 11) is -3.54. The zero-order valence-corrected chi connectivity index (χ0v) is 18.3. The highest BCUT2D eigenvalue weighted by Gasteiger charge is 2.17. The molecule has 0 atom stereocenters. The van der Waals surface area contributed by atoms with Crippen LogP contribution in [0.3, 0.4) is 0 Å². The smallest absolute Gasteiger partial charge is 0.255 e. The second-order valence-corrected chi connectivity index (χ2v) is 9.27. The Kier molecular flexibility index (Phi) is 6.51.